The summed E-state index contributed by atoms with van der Waals surface area (Å²) in [5, 5.41) is 5.96. The number of unbranched alkanes of at least 4 members (excludes halogenated alkanes) is 5. The van der Waals surface area contributed by atoms with Crippen LogP contribution in [0.5, 0.6) is 0 Å². The Hall–Kier alpha value is -3.35. The van der Waals surface area contributed by atoms with E-state index in [1.165, 1.54) is 6.42 Å². The van der Waals surface area contributed by atoms with E-state index in [1.807, 2.05) is 76.2 Å². The highest BCUT2D eigenvalue weighted by atomic mass is 16.6. The first kappa shape index (κ1) is 35.8. The van der Waals surface area contributed by atoms with Gasteiger partial charge >= 0.3 is 6.09 Å². The number of hydrogen-bond donors (Lipinski definition) is 2. The lowest BCUT2D eigenvalue weighted by Crippen LogP contribution is -2.55. The summed E-state index contributed by atoms with van der Waals surface area (Å²) in [6, 6.07) is 14.0. The van der Waals surface area contributed by atoms with Crippen molar-refractivity contribution in [3.8, 4) is 0 Å². The Kier molecular flexibility index (Phi) is 14.7. The molecule has 3 unspecified atom stereocenters. The van der Waals surface area contributed by atoms with Crippen molar-refractivity contribution in [1.82, 2.24) is 15.5 Å². The van der Waals surface area contributed by atoms with E-state index >= 15 is 0 Å². The minimum absolute atomic E-state index is 0.167. The predicted molar refractivity (Wildman–Crippen MR) is 175 cm³/mol. The maximum Gasteiger partial charge on any atom is 0.408 e. The molecule has 0 aliphatic carbocycles. The fourth-order valence-electron chi connectivity index (χ4n) is 5.01. The van der Waals surface area contributed by atoms with Crippen LogP contribution in [0.3, 0.4) is 0 Å². The lowest BCUT2D eigenvalue weighted by molar-refractivity contribution is -0.143. The molecule has 0 saturated carbocycles. The van der Waals surface area contributed by atoms with Crippen LogP contribution in [0.25, 0.3) is 0 Å². The number of ether oxygens (including phenoxy) is 1. The molecule has 2 aromatic carbocycles. The zero-order valence-electron chi connectivity index (χ0n) is 27.8. The Balaban J connectivity index is 2.50. The highest BCUT2D eigenvalue weighted by molar-refractivity contribution is 5.92. The van der Waals surface area contributed by atoms with Crippen LogP contribution in [-0.2, 0) is 20.9 Å². The van der Waals surface area contributed by atoms with Crippen molar-refractivity contribution in [2.75, 3.05) is 6.54 Å². The molecule has 2 rings (SSSR count). The summed E-state index contributed by atoms with van der Waals surface area (Å²) in [5.74, 6) is -0.682. The van der Waals surface area contributed by atoms with Gasteiger partial charge in [0.25, 0.3) is 0 Å². The van der Waals surface area contributed by atoms with Crippen LogP contribution < -0.4 is 10.6 Å². The second-order valence-corrected chi connectivity index (χ2v) is 12.8. The largest absolute Gasteiger partial charge is 0.444 e. The van der Waals surface area contributed by atoms with Crippen LogP contribution in [0.4, 0.5) is 4.79 Å². The number of carbonyl (C=O) groups is 3. The molecular weight excluding hydrogens is 538 g/mol. The van der Waals surface area contributed by atoms with Gasteiger partial charge in [-0.3, -0.25) is 9.59 Å². The molecule has 7 nitrogen and oxygen atoms in total. The smallest absolute Gasteiger partial charge is 0.408 e. The Morgan fingerprint density at radius 3 is 2.14 bits per heavy atom. The second kappa shape index (κ2) is 17.7. The van der Waals surface area contributed by atoms with Crippen molar-refractivity contribution in [3.63, 3.8) is 0 Å². The van der Waals surface area contributed by atoms with Crippen molar-refractivity contribution < 1.29 is 19.1 Å². The molecule has 0 radical (unpaired) electrons. The minimum atomic E-state index is -0.849. The quantitative estimate of drug-likeness (QED) is 0.195. The number of alkyl carbamates (subject to hydrolysis) is 1. The van der Waals surface area contributed by atoms with Gasteiger partial charge in [0.1, 0.15) is 17.7 Å². The van der Waals surface area contributed by atoms with Crippen LogP contribution in [0.15, 0.2) is 48.5 Å². The molecule has 0 spiro atoms. The van der Waals surface area contributed by atoms with Crippen molar-refractivity contribution in [1.29, 1.82) is 0 Å². The fourth-order valence-corrected chi connectivity index (χ4v) is 5.01. The minimum Gasteiger partial charge on any atom is -0.444 e. The van der Waals surface area contributed by atoms with Crippen molar-refractivity contribution >= 4 is 17.9 Å². The Labute approximate surface area is 260 Å². The predicted octanol–water partition coefficient (Wildman–Crippen LogP) is 7.79. The average Bonchev–Trinajstić information content (AvgIpc) is 2.96. The topological polar surface area (TPSA) is 87.7 Å². The lowest BCUT2D eigenvalue weighted by atomic mass is 9.94. The third-order valence-corrected chi connectivity index (χ3v) is 7.90. The van der Waals surface area contributed by atoms with Gasteiger partial charge < -0.3 is 20.3 Å². The van der Waals surface area contributed by atoms with Gasteiger partial charge in [-0.15, -0.1) is 0 Å². The summed E-state index contributed by atoms with van der Waals surface area (Å²) >= 11 is 0. The summed E-state index contributed by atoms with van der Waals surface area (Å²) in [5.41, 5.74) is 3.20. The molecule has 0 bridgehead atoms. The van der Waals surface area contributed by atoms with Gasteiger partial charge in [-0.25, -0.2) is 4.79 Å². The first-order chi connectivity index (χ1) is 20.4. The first-order valence-electron chi connectivity index (χ1n) is 16.1. The van der Waals surface area contributed by atoms with Gasteiger partial charge in [-0.1, -0.05) is 108 Å². The molecule has 2 N–H and O–H groups in total. The number of nitrogens with one attached hydrogen (secondary N) is 2. The summed E-state index contributed by atoms with van der Waals surface area (Å²) in [7, 11) is 0. The average molecular weight is 594 g/mol. The molecule has 7 heteroatoms. The van der Waals surface area contributed by atoms with E-state index in [0.29, 0.717) is 19.5 Å². The second-order valence-electron chi connectivity index (χ2n) is 12.8. The van der Waals surface area contributed by atoms with Crippen LogP contribution >= 0.6 is 0 Å². The Morgan fingerprint density at radius 2 is 1.53 bits per heavy atom. The lowest BCUT2D eigenvalue weighted by Gasteiger charge is -2.36. The van der Waals surface area contributed by atoms with Gasteiger partial charge in [0.05, 0.1) is 0 Å². The molecule has 2 aromatic rings. The molecule has 43 heavy (non-hydrogen) atoms. The van der Waals surface area contributed by atoms with E-state index in [9.17, 15) is 14.4 Å². The fraction of sp³-hybridized carbons (Fsp3) is 0.583. The van der Waals surface area contributed by atoms with Gasteiger partial charge in [-0.05, 0) is 69.2 Å². The Bertz CT molecular complexity index is 1160. The van der Waals surface area contributed by atoms with Crippen molar-refractivity contribution in [2.24, 2.45) is 5.92 Å². The molecule has 0 heterocycles. The summed E-state index contributed by atoms with van der Waals surface area (Å²) < 4.78 is 5.54. The molecule has 0 aliphatic rings. The van der Waals surface area contributed by atoms with E-state index in [4.69, 9.17) is 4.74 Å². The monoisotopic (exact) mass is 593 g/mol. The van der Waals surface area contributed by atoms with Crippen LogP contribution in [0.1, 0.15) is 115 Å². The van der Waals surface area contributed by atoms with E-state index in [-0.39, 0.29) is 17.7 Å². The number of benzene rings is 2. The number of aryl methyl sites for hydroxylation is 2. The standard InChI is InChI=1S/C36H55N3O4/c1-9-11-12-13-14-18-23-39(34(41)31(26(3)10-2)38-35(42)43-36(6,7)8)32(30-22-21-27(4)28(5)24-30)33(40)37-25-29-19-16-15-17-20-29/h15-17,19-22,24,26,31-32H,9-14,18,23,25H2,1-8H3,(H,37,40)(H,38,42). The molecule has 0 saturated heterocycles. The van der Waals surface area contributed by atoms with E-state index < -0.39 is 23.8 Å². The molecule has 0 aromatic heterocycles. The number of rotatable bonds is 16. The van der Waals surface area contributed by atoms with Crippen LogP contribution in [-0.4, -0.2) is 41.0 Å². The maximum atomic E-state index is 14.5. The highest BCUT2D eigenvalue weighted by Gasteiger charge is 2.38. The number of carbonyl (C=O) groups excluding carboxylic acids is 3. The van der Waals surface area contributed by atoms with Crippen molar-refractivity contribution in [3.05, 3.63) is 70.8 Å². The maximum absolute atomic E-state index is 14.5. The van der Waals surface area contributed by atoms with E-state index in [2.05, 4.69) is 17.6 Å². The molecule has 0 fully saturated rings. The number of amides is 3. The SMILES string of the molecule is CCCCCCCCN(C(=O)C(NC(=O)OC(C)(C)C)C(C)CC)C(C(=O)NCc1ccccc1)c1ccc(C)c(C)c1. The van der Waals surface area contributed by atoms with Crippen LogP contribution in [0, 0.1) is 19.8 Å². The van der Waals surface area contributed by atoms with E-state index in [1.54, 1.807) is 25.7 Å². The third-order valence-electron chi connectivity index (χ3n) is 7.90. The zero-order valence-corrected chi connectivity index (χ0v) is 27.8. The molecule has 238 valence electrons. The molecule has 0 aliphatic heterocycles. The summed E-state index contributed by atoms with van der Waals surface area (Å²) in [4.78, 5) is 43.2. The first-order valence-corrected chi connectivity index (χ1v) is 16.1. The summed E-state index contributed by atoms with van der Waals surface area (Å²) in [6.45, 7) is 16.3. The molecule has 3 atom stereocenters. The van der Waals surface area contributed by atoms with Gasteiger partial charge in [0.2, 0.25) is 11.8 Å². The zero-order chi connectivity index (χ0) is 32.0. The Morgan fingerprint density at radius 1 is 0.884 bits per heavy atom. The highest BCUT2D eigenvalue weighted by Crippen LogP contribution is 2.27. The molecular formula is C36H55N3O4. The van der Waals surface area contributed by atoms with Gasteiger partial charge in [-0.2, -0.15) is 0 Å². The number of nitrogens with zero attached hydrogens (tertiary/aromatic N) is 1. The summed E-state index contributed by atoms with van der Waals surface area (Å²) in [6.07, 6.45) is 6.34. The van der Waals surface area contributed by atoms with Gasteiger partial charge in [0.15, 0.2) is 0 Å². The van der Waals surface area contributed by atoms with E-state index in [0.717, 1.165) is 54.4 Å². The van der Waals surface area contributed by atoms with Crippen LogP contribution in [0.2, 0.25) is 0 Å². The molecule has 3 amide bonds. The normalized spacial score (nSPS) is 13.5. The third kappa shape index (κ3) is 12.0. The van der Waals surface area contributed by atoms with Crippen molar-refractivity contribution in [2.45, 2.75) is 125 Å². The number of hydrogen-bond acceptors (Lipinski definition) is 4. The van der Waals surface area contributed by atoms with Gasteiger partial charge in [0, 0.05) is 13.1 Å².